The summed E-state index contributed by atoms with van der Waals surface area (Å²) in [4.78, 5) is 14.0. The van der Waals surface area contributed by atoms with Crippen molar-refractivity contribution in [2.45, 2.75) is 26.7 Å². The second kappa shape index (κ2) is 9.60. The standard InChI is InChI=1S/C20H29N5OS/c1-3-19-23-16(15-27-19)9-10-22-20(21-4-2)25-13-11-24(12-14-25)17-7-5-6-8-18(17)26/h5-8,15,26H,3-4,9-14H2,1-2H3,(H,21,22). The lowest BCUT2D eigenvalue weighted by molar-refractivity contribution is 0.370. The van der Waals surface area contributed by atoms with Gasteiger partial charge in [-0.1, -0.05) is 19.1 Å². The molecule has 2 heterocycles. The van der Waals surface area contributed by atoms with Crippen LogP contribution >= 0.6 is 11.3 Å². The van der Waals surface area contributed by atoms with Gasteiger partial charge in [0.1, 0.15) is 5.75 Å². The summed E-state index contributed by atoms with van der Waals surface area (Å²) in [6, 6.07) is 7.55. The van der Waals surface area contributed by atoms with Crippen LogP contribution in [-0.2, 0) is 12.8 Å². The lowest BCUT2D eigenvalue weighted by atomic mass is 10.2. The number of aryl methyl sites for hydroxylation is 1. The minimum Gasteiger partial charge on any atom is -0.506 e. The molecule has 2 N–H and O–H groups in total. The number of piperazine rings is 1. The molecule has 146 valence electrons. The molecule has 0 saturated carbocycles. The molecule has 0 bridgehead atoms. The van der Waals surface area contributed by atoms with Crippen molar-refractivity contribution in [2.75, 3.05) is 44.2 Å². The number of phenolic OH excluding ortho intramolecular Hbond substituents is 1. The van der Waals surface area contributed by atoms with Gasteiger partial charge in [0.25, 0.3) is 0 Å². The molecule has 0 spiro atoms. The van der Waals surface area contributed by atoms with Crippen LogP contribution in [0.5, 0.6) is 5.75 Å². The zero-order valence-electron chi connectivity index (χ0n) is 16.2. The van der Waals surface area contributed by atoms with Gasteiger partial charge in [-0.05, 0) is 25.5 Å². The van der Waals surface area contributed by atoms with Gasteiger partial charge < -0.3 is 20.2 Å². The molecule has 0 atom stereocenters. The molecule has 0 unspecified atom stereocenters. The van der Waals surface area contributed by atoms with Crippen molar-refractivity contribution in [2.24, 2.45) is 4.99 Å². The average Bonchev–Trinajstić information content (AvgIpc) is 3.16. The van der Waals surface area contributed by atoms with Gasteiger partial charge >= 0.3 is 0 Å². The molecule has 0 aliphatic carbocycles. The number of benzene rings is 1. The van der Waals surface area contributed by atoms with E-state index in [4.69, 9.17) is 4.99 Å². The molecule has 1 aliphatic rings. The number of guanidine groups is 1. The molecular weight excluding hydrogens is 358 g/mol. The van der Waals surface area contributed by atoms with E-state index in [1.807, 2.05) is 18.2 Å². The second-order valence-corrected chi connectivity index (χ2v) is 7.48. The molecule has 0 amide bonds. The van der Waals surface area contributed by atoms with Crippen LogP contribution in [0.3, 0.4) is 0 Å². The Kier molecular flexibility index (Phi) is 6.92. The van der Waals surface area contributed by atoms with Crippen molar-refractivity contribution < 1.29 is 5.11 Å². The Hall–Kier alpha value is -2.28. The van der Waals surface area contributed by atoms with E-state index < -0.39 is 0 Å². The number of para-hydroxylation sites is 2. The Labute approximate surface area is 165 Å². The highest BCUT2D eigenvalue weighted by atomic mass is 32.1. The summed E-state index contributed by atoms with van der Waals surface area (Å²) in [6.45, 7) is 9.35. The van der Waals surface area contributed by atoms with Crippen LogP contribution in [0.1, 0.15) is 24.5 Å². The summed E-state index contributed by atoms with van der Waals surface area (Å²) >= 11 is 1.73. The highest BCUT2D eigenvalue weighted by Crippen LogP contribution is 2.27. The third-order valence-electron chi connectivity index (χ3n) is 4.67. The summed E-state index contributed by atoms with van der Waals surface area (Å²) in [6.07, 6.45) is 1.88. The number of aromatic nitrogens is 1. The van der Waals surface area contributed by atoms with Gasteiger partial charge in [0, 0.05) is 51.1 Å². The molecule has 6 nitrogen and oxygen atoms in total. The largest absolute Gasteiger partial charge is 0.506 e. The number of nitrogens with zero attached hydrogens (tertiary/aromatic N) is 4. The van der Waals surface area contributed by atoms with Crippen LogP contribution in [0.2, 0.25) is 0 Å². The molecule has 1 aliphatic heterocycles. The number of hydrogen-bond donors (Lipinski definition) is 2. The third kappa shape index (κ3) is 5.13. The van der Waals surface area contributed by atoms with Crippen LogP contribution in [0.25, 0.3) is 0 Å². The number of hydrogen-bond acceptors (Lipinski definition) is 5. The molecular formula is C20H29N5OS. The fraction of sp³-hybridized carbons (Fsp3) is 0.500. The Balaban J connectivity index is 1.56. The van der Waals surface area contributed by atoms with E-state index >= 15 is 0 Å². The van der Waals surface area contributed by atoms with Gasteiger partial charge in [-0.25, -0.2) is 4.98 Å². The van der Waals surface area contributed by atoms with E-state index in [1.165, 1.54) is 5.01 Å². The van der Waals surface area contributed by atoms with E-state index in [2.05, 4.69) is 39.3 Å². The number of thiazole rings is 1. The van der Waals surface area contributed by atoms with Crippen LogP contribution in [0.4, 0.5) is 5.69 Å². The smallest absolute Gasteiger partial charge is 0.194 e. The highest BCUT2D eigenvalue weighted by Gasteiger charge is 2.21. The van der Waals surface area contributed by atoms with Gasteiger partial charge in [0.05, 0.1) is 16.4 Å². The average molecular weight is 388 g/mol. The quantitative estimate of drug-likeness (QED) is 0.589. The van der Waals surface area contributed by atoms with Gasteiger partial charge in [0.15, 0.2) is 5.96 Å². The van der Waals surface area contributed by atoms with Gasteiger partial charge in [-0.15, -0.1) is 11.3 Å². The molecule has 3 rings (SSSR count). The number of anilines is 1. The maximum absolute atomic E-state index is 10.1. The fourth-order valence-corrected chi connectivity index (χ4v) is 4.00. The van der Waals surface area contributed by atoms with Gasteiger partial charge in [0.2, 0.25) is 0 Å². The molecule has 27 heavy (non-hydrogen) atoms. The summed E-state index contributed by atoms with van der Waals surface area (Å²) in [5.74, 6) is 1.32. The zero-order valence-corrected chi connectivity index (χ0v) is 17.0. The molecule has 7 heteroatoms. The number of rotatable bonds is 6. The Bertz CT molecular complexity index is 752. The second-order valence-electron chi connectivity index (χ2n) is 6.53. The van der Waals surface area contributed by atoms with Crippen molar-refractivity contribution in [1.29, 1.82) is 0 Å². The SMILES string of the molecule is CCNC(=NCCc1csc(CC)n1)N1CCN(c2ccccc2O)CC1. The monoisotopic (exact) mass is 387 g/mol. The summed E-state index contributed by atoms with van der Waals surface area (Å²) < 4.78 is 0. The number of aromatic hydroxyl groups is 1. The van der Waals surface area contributed by atoms with Crippen LogP contribution < -0.4 is 10.2 Å². The van der Waals surface area contributed by atoms with E-state index in [0.717, 1.165) is 69.5 Å². The fourth-order valence-electron chi connectivity index (χ4n) is 3.22. The topological polar surface area (TPSA) is 64.0 Å². The third-order valence-corrected chi connectivity index (χ3v) is 5.71. The predicted octanol–water partition coefficient (Wildman–Crippen LogP) is 2.74. The number of phenols is 1. The van der Waals surface area contributed by atoms with Crippen molar-refractivity contribution in [3.8, 4) is 5.75 Å². The summed E-state index contributed by atoms with van der Waals surface area (Å²) in [7, 11) is 0. The van der Waals surface area contributed by atoms with E-state index in [1.54, 1.807) is 17.4 Å². The Morgan fingerprint density at radius 1 is 1.22 bits per heavy atom. The zero-order chi connectivity index (χ0) is 19.1. The first-order chi connectivity index (χ1) is 13.2. The first-order valence-electron chi connectivity index (χ1n) is 9.70. The molecule has 1 fully saturated rings. The Morgan fingerprint density at radius 3 is 2.67 bits per heavy atom. The van der Waals surface area contributed by atoms with Crippen LogP contribution in [0.15, 0.2) is 34.6 Å². The molecule has 0 radical (unpaired) electrons. The maximum atomic E-state index is 10.1. The lowest BCUT2D eigenvalue weighted by Gasteiger charge is -2.37. The molecule has 1 aromatic heterocycles. The van der Waals surface area contributed by atoms with Crippen molar-refractivity contribution in [3.63, 3.8) is 0 Å². The van der Waals surface area contributed by atoms with E-state index in [-0.39, 0.29) is 0 Å². The minimum atomic E-state index is 0.348. The van der Waals surface area contributed by atoms with E-state index in [9.17, 15) is 5.11 Å². The lowest BCUT2D eigenvalue weighted by Crippen LogP contribution is -2.52. The molecule has 1 aromatic carbocycles. The predicted molar refractivity (Wildman–Crippen MR) is 113 cm³/mol. The number of aliphatic imine (C=N–C) groups is 1. The van der Waals surface area contributed by atoms with Crippen molar-refractivity contribution in [1.82, 2.24) is 15.2 Å². The van der Waals surface area contributed by atoms with Crippen molar-refractivity contribution >= 4 is 23.0 Å². The summed E-state index contributed by atoms with van der Waals surface area (Å²) in [5, 5.41) is 16.8. The van der Waals surface area contributed by atoms with Gasteiger partial charge in [-0.2, -0.15) is 0 Å². The van der Waals surface area contributed by atoms with Crippen molar-refractivity contribution in [3.05, 3.63) is 40.3 Å². The van der Waals surface area contributed by atoms with Crippen LogP contribution in [-0.4, -0.2) is 60.2 Å². The molecule has 1 saturated heterocycles. The first-order valence-corrected chi connectivity index (χ1v) is 10.6. The Morgan fingerprint density at radius 2 is 2.00 bits per heavy atom. The molecule has 2 aromatic rings. The summed E-state index contributed by atoms with van der Waals surface area (Å²) in [5.41, 5.74) is 2.05. The highest BCUT2D eigenvalue weighted by molar-refractivity contribution is 7.09. The minimum absolute atomic E-state index is 0.348. The number of nitrogens with one attached hydrogen (secondary N) is 1. The van der Waals surface area contributed by atoms with E-state index in [0.29, 0.717) is 5.75 Å². The normalized spacial score (nSPS) is 15.3. The van der Waals surface area contributed by atoms with Gasteiger partial charge in [-0.3, -0.25) is 4.99 Å². The first kappa shape index (κ1) is 19.5. The van der Waals surface area contributed by atoms with Crippen LogP contribution in [0, 0.1) is 0 Å². The maximum Gasteiger partial charge on any atom is 0.194 e.